The first-order valence-corrected chi connectivity index (χ1v) is 13.2. The number of amides is 1. The van der Waals surface area contributed by atoms with Crippen molar-refractivity contribution in [1.82, 2.24) is 4.90 Å². The Bertz CT molecular complexity index is 1330. The zero-order valence-electron chi connectivity index (χ0n) is 21.0. The number of hydrogen-bond acceptors (Lipinski definition) is 6. The van der Waals surface area contributed by atoms with Gasteiger partial charge in [-0.2, -0.15) is 0 Å². The van der Waals surface area contributed by atoms with Crippen LogP contribution in [0, 0.1) is 0 Å². The lowest BCUT2D eigenvalue weighted by atomic mass is 10.0. The summed E-state index contributed by atoms with van der Waals surface area (Å²) in [6.07, 6.45) is -3.06. The second-order valence-electron chi connectivity index (χ2n) is 9.10. The third-order valence-corrected chi connectivity index (χ3v) is 7.75. The number of hydrogen-bond donors (Lipinski definition) is 2. The number of aryl methyl sites for hydroxylation is 1. The maximum absolute atomic E-state index is 13.2. The third-order valence-electron chi connectivity index (χ3n) is 6.56. The fourth-order valence-corrected chi connectivity index (χ4v) is 5.75. The van der Waals surface area contributed by atoms with Crippen LogP contribution in [0.3, 0.4) is 0 Å². The number of nitrogens with one attached hydrogen (secondary N) is 1. The summed E-state index contributed by atoms with van der Waals surface area (Å²) in [5.74, 6) is -2.19. The van der Waals surface area contributed by atoms with Crippen molar-refractivity contribution in [2.75, 3.05) is 11.9 Å². The molecule has 1 aliphatic heterocycles. The molecule has 0 bridgehead atoms. The Morgan fingerprint density at radius 2 is 1.77 bits per heavy atom. The molecule has 11 heteroatoms. The van der Waals surface area contributed by atoms with Crippen molar-refractivity contribution < 1.29 is 37.4 Å². The fourth-order valence-electron chi connectivity index (χ4n) is 4.74. The molecular formula is C28H27F3N2O5S. The number of ether oxygens (including phenoxy) is 1. The summed E-state index contributed by atoms with van der Waals surface area (Å²) in [5, 5.41) is 12.8. The molecule has 39 heavy (non-hydrogen) atoms. The first-order valence-electron chi connectivity index (χ1n) is 12.4. The average Bonchev–Trinajstić information content (AvgIpc) is 3.51. The Balaban J connectivity index is 1.46. The molecule has 206 valence electrons. The van der Waals surface area contributed by atoms with Gasteiger partial charge in [0.1, 0.15) is 16.8 Å². The molecule has 0 radical (unpaired) electrons. The highest BCUT2D eigenvalue weighted by atomic mass is 32.1. The lowest BCUT2D eigenvalue weighted by Gasteiger charge is -2.28. The monoisotopic (exact) mass is 560 g/mol. The van der Waals surface area contributed by atoms with Crippen LogP contribution in [0.4, 0.5) is 18.2 Å². The first-order chi connectivity index (χ1) is 18.6. The van der Waals surface area contributed by atoms with E-state index in [4.69, 9.17) is 0 Å². The van der Waals surface area contributed by atoms with Crippen LogP contribution in [-0.4, -0.2) is 46.6 Å². The highest BCUT2D eigenvalue weighted by molar-refractivity contribution is 7.16. The number of aliphatic carboxylic acids is 1. The Labute approximate surface area is 227 Å². The van der Waals surface area contributed by atoms with E-state index in [1.807, 2.05) is 42.2 Å². The molecule has 2 aromatic carbocycles. The Hall–Kier alpha value is -3.70. The molecule has 2 heterocycles. The summed E-state index contributed by atoms with van der Waals surface area (Å²) in [5.41, 5.74) is 1.38. The Morgan fingerprint density at radius 1 is 1.08 bits per heavy atom. The van der Waals surface area contributed by atoms with Crippen LogP contribution in [-0.2, 0) is 16.0 Å². The Morgan fingerprint density at radius 3 is 2.38 bits per heavy atom. The number of rotatable bonds is 10. The van der Waals surface area contributed by atoms with Gasteiger partial charge in [-0.15, -0.1) is 24.5 Å². The number of carbonyl (C=O) groups excluding carboxylic acids is 2. The van der Waals surface area contributed by atoms with Gasteiger partial charge in [0.15, 0.2) is 5.78 Å². The first kappa shape index (κ1) is 28.3. The van der Waals surface area contributed by atoms with Gasteiger partial charge in [0.05, 0.1) is 5.56 Å². The van der Waals surface area contributed by atoms with Crippen molar-refractivity contribution >= 4 is 34.0 Å². The molecule has 2 atom stereocenters. The van der Waals surface area contributed by atoms with Crippen LogP contribution in [0.25, 0.3) is 0 Å². The molecule has 1 aliphatic rings. The minimum atomic E-state index is -4.84. The van der Waals surface area contributed by atoms with Gasteiger partial charge in [-0.25, -0.2) is 0 Å². The maximum atomic E-state index is 13.2. The van der Waals surface area contributed by atoms with Crippen molar-refractivity contribution in [3.8, 4) is 5.75 Å². The van der Waals surface area contributed by atoms with Gasteiger partial charge in [-0.3, -0.25) is 19.3 Å². The summed E-state index contributed by atoms with van der Waals surface area (Å²) in [6, 6.07) is 15.0. The molecule has 0 spiro atoms. The van der Waals surface area contributed by atoms with E-state index in [1.165, 1.54) is 23.5 Å². The van der Waals surface area contributed by atoms with Crippen LogP contribution in [0.15, 0.2) is 60.7 Å². The van der Waals surface area contributed by atoms with Gasteiger partial charge < -0.3 is 15.2 Å². The molecule has 1 aromatic heterocycles. The number of halogens is 3. The van der Waals surface area contributed by atoms with E-state index in [0.29, 0.717) is 24.3 Å². The van der Waals surface area contributed by atoms with E-state index in [0.717, 1.165) is 22.6 Å². The quantitative estimate of drug-likeness (QED) is 0.293. The number of benzene rings is 2. The van der Waals surface area contributed by atoms with Crippen molar-refractivity contribution in [3.63, 3.8) is 0 Å². The number of thiophene rings is 1. The summed E-state index contributed by atoms with van der Waals surface area (Å²) < 4.78 is 41.2. The van der Waals surface area contributed by atoms with Crippen molar-refractivity contribution in [3.05, 3.63) is 82.2 Å². The number of nitrogens with zero attached hydrogens (tertiary/aromatic N) is 1. The molecule has 0 unspecified atom stereocenters. The second kappa shape index (κ2) is 12.0. The van der Waals surface area contributed by atoms with E-state index in [2.05, 4.69) is 10.1 Å². The zero-order valence-corrected chi connectivity index (χ0v) is 21.8. The van der Waals surface area contributed by atoms with Gasteiger partial charge in [-0.05, 0) is 55.2 Å². The van der Waals surface area contributed by atoms with Crippen molar-refractivity contribution in [2.45, 2.75) is 51.1 Å². The molecule has 7 nitrogen and oxygen atoms in total. The average molecular weight is 561 g/mol. The van der Waals surface area contributed by atoms with Crippen LogP contribution < -0.4 is 10.1 Å². The summed E-state index contributed by atoms with van der Waals surface area (Å²) in [7, 11) is 0. The van der Waals surface area contributed by atoms with Crippen molar-refractivity contribution in [2.24, 2.45) is 0 Å². The highest BCUT2D eigenvalue weighted by Gasteiger charge is 2.38. The summed E-state index contributed by atoms with van der Waals surface area (Å²) in [4.78, 5) is 40.7. The molecule has 2 N–H and O–H groups in total. The van der Waals surface area contributed by atoms with E-state index in [9.17, 15) is 32.7 Å². The predicted octanol–water partition coefficient (Wildman–Crippen LogP) is 6.06. The third kappa shape index (κ3) is 7.04. The molecule has 4 rings (SSSR count). The number of likely N-dealkylation sites (tertiary alicyclic amines) is 1. The Kier molecular flexibility index (Phi) is 8.71. The van der Waals surface area contributed by atoms with Crippen molar-refractivity contribution in [1.29, 1.82) is 0 Å². The van der Waals surface area contributed by atoms with E-state index < -0.39 is 29.9 Å². The van der Waals surface area contributed by atoms with E-state index >= 15 is 0 Å². The van der Waals surface area contributed by atoms with Crippen LogP contribution >= 0.6 is 11.3 Å². The standard InChI is InChI=1S/C28H27F3N2O5S/c1-2-20-16-21(25(35)18-8-10-19(11-9-18)38-28(29,30)31)26(39-20)32-24(34)14-15-33-22(12-13-23(33)27(36)37)17-6-4-3-5-7-17/h3-11,16,22-23H,2,12-15H2,1H3,(H,32,34)(H,36,37)/t22-,23-/m1/s1. The van der Waals surface area contributed by atoms with Crippen LogP contribution in [0.2, 0.25) is 0 Å². The molecule has 1 fully saturated rings. The largest absolute Gasteiger partial charge is 0.573 e. The van der Waals surface area contributed by atoms with Gasteiger partial charge in [0, 0.05) is 29.4 Å². The number of alkyl halides is 3. The van der Waals surface area contributed by atoms with Gasteiger partial charge in [0.25, 0.3) is 0 Å². The number of anilines is 1. The topological polar surface area (TPSA) is 95.9 Å². The predicted molar refractivity (Wildman–Crippen MR) is 140 cm³/mol. The molecule has 3 aromatic rings. The normalized spacial score (nSPS) is 17.6. The molecule has 0 aliphatic carbocycles. The fraction of sp³-hybridized carbons (Fsp3) is 0.321. The highest BCUT2D eigenvalue weighted by Crippen LogP contribution is 2.37. The van der Waals surface area contributed by atoms with Gasteiger partial charge in [0.2, 0.25) is 5.91 Å². The molecular weight excluding hydrogens is 533 g/mol. The minimum Gasteiger partial charge on any atom is -0.480 e. The zero-order chi connectivity index (χ0) is 28.2. The van der Waals surface area contributed by atoms with Gasteiger partial charge >= 0.3 is 12.3 Å². The van der Waals surface area contributed by atoms with Crippen LogP contribution in [0.5, 0.6) is 5.75 Å². The number of carboxylic acid groups (broad SMARTS) is 1. The lowest BCUT2D eigenvalue weighted by Crippen LogP contribution is -2.39. The SMILES string of the molecule is CCc1cc(C(=O)c2ccc(OC(F)(F)F)cc2)c(NC(=O)CCN2[C@@H](C(=O)O)CC[C@@H]2c2ccccc2)s1. The maximum Gasteiger partial charge on any atom is 0.573 e. The summed E-state index contributed by atoms with van der Waals surface area (Å²) >= 11 is 1.25. The molecule has 0 saturated carbocycles. The molecule has 1 amide bonds. The number of ketones is 1. The number of carbonyl (C=O) groups is 3. The second-order valence-corrected chi connectivity index (χ2v) is 10.2. The lowest BCUT2D eigenvalue weighted by molar-refractivity contribution is -0.274. The van der Waals surface area contributed by atoms with E-state index in [1.54, 1.807) is 6.07 Å². The number of carboxylic acids is 1. The van der Waals surface area contributed by atoms with E-state index in [-0.39, 0.29) is 36.0 Å². The molecule has 1 saturated heterocycles. The minimum absolute atomic E-state index is 0.0174. The van der Waals surface area contributed by atoms with Gasteiger partial charge in [-0.1, -0.05) is 37.3 Å². The summed E-state index contributed by atoms with van der Waals surface area (Å²) in [6.45, 7) is 2.12. The van der Waals surface area contributed by atoms with Crippen LogP contribution in [0.1, 0.15) is 58.6 Å². The smallest absolute Gasteiger partial charge is 0.480 e.